The van der Waals surface area contributed by atoms with E-state index in [1.54, 1.807) is 12.5 Å². The normalized spacial score (nSPS) is 10.4. The fraction of sp³-hybridized carbons (Fsp3) is 0.286. The Labute approximate surface area is 112 Å². The molecule has 0 unspecified atom stereocenters. The molecule has 0 aliphatic heterocycles. The molecule has 1 heterocycles. The molecule has 1 aromatic heterocycles. The van der Waals surface area contributed by atoms with E-state index in [0.717, 1.165) is 12.1 Å². The lowest BCUT2D eigenvalue weighted by molar-refractivity contribution is -0.121. The number of benzene rings is 1. The summed E-state index contributed by atoms with van der Waals surface area (Å²) < 4.78 is 2.00. The minimum absolute atomic E-state index is 0.0140. The first-order valence-electron chi connectivity index (χ1n) is 6.29. The van der Waals surface area contributed by atoms with Crippen LogP contribution in [0, 0.1) is 0 Å². The van der Waals surface area contributed by atoms with Crippen molar-refractivity contribution in [2.45, 2.75) is 19.5 Å². The van der Waals surface area contributed by atoms with Crippen LogP contribution in [0.15, 0.2) is 43.0 Å². The van der Waals surface area contributed by atoms with Crippen LogP contribution in [-0.4, -0.2) is 22.0 Å². The lowest BCUT2D eigenvalue weighted by Gasteiger charge is -2.11. The van der Waals surface area contributed by atoms with Crippen molar-refractivity contribution in [3.8, 4) is 0 Å². The monoisotopic (exact) mass is 258 g/mol. The number of aromatic nitrogens is 2. The Morgan fingerprint density at radius 1 is 1.32 bits per heavy atom. The van der Waals surface area contributed by atoms with Gasteiger partial charge in [-0.25, -0.2) is 4.98 Å². The first-order valence-corrected chi connectivity index (χ1v) is 6.29. The van der Waals surface area contributed by atoms with Crippen LogP contribution in [0.2, 0.25) is 0 Å². The van der Waals surface area contributed by atoms with Crippen LogP contribution in [0.25, 0.3) is 0 Å². The number of carbonyl (C=O) groups excluding carboxylic acids is 1. The van der Waals surface area contributed by atoms with E-state index in [-0.39, 0.29) is 5.91 Å². The number of nitrogens with zero attached hydrogens (tertiary/aromatic N) is 2. The lowest BCUT2D eigenvalue weighted by atomic mass is 10.1. The highest BCUT2D eigenvalue weighted by Gasteiger charge is 2.04. The summed E-state index contributed by atoms with van der Waals surface area (Å²) in [5.74, 6) is -0.0140. The predicted molar refractivity (Wildman–Crippen MR) is 73.3 cm³/mol. The maximum absolute atomic E-state index is 11.4. The minimum Gasteiger partial charge on any atom is -0.352 e. The van der Waals surface area contributed by atoms with Gasteiger partial charge in [0.1, 0.15) is 0 Å². The van der Waals surface area contributed by atoms with E-state index < -0.39 is 0 Å². The number of nitrogens with two attached hydrogens (primary N) is 1. The van der Waals surface area contributed by atoms with Gasteiger partial charge in [-0.05, 0) is 11.1 Å². The Hall–Kier alpha value is -2.14. The third kappa shape index (κ3) is 3.93. The van der Waals surface area contributed by atoms with E-state index in [1.165, 1.54) is 5.56 Å². The van der Waals surface area contributed by atoms with Gasteiger partial charge < -0.3 is 15.6 Å². The van der Waals surface area contributed by atoms with Crippen LogP contribution >= 0.6 is 0 Å². The van der Waals surface area contributed by atoms with Gasteiger partial charge in [-0.1, -0.05) is 24.3 Å². The van der Waals surface area contributed by atoms with Gasteiger partial charge in [0.25, 0.3) is 0 Å². The van der Waals surface area contributed by atoms with Crippen molar-refractivity contribution in [2.24, 2.45) is 5.73 Å². The van der Waals surface area contributed by atoms with E-state index in [1.807, 2.05) is 29.0 Å². The molecule has 0 spiro atoms. The summed E-state index contributed by atoms with van der Waals surface area (Å²) in [6.07, 6.45) is 5.82. The number of hydrogen-bond donors (Lipinski definition) is 2. The van der Waals surface area contributed by atoms with Crippen molar-refractivity contribution >= 4 is 5.91 Å². The molecule has 0 fully saturated rings. The number of nitrogens with one attached hydrogen (secondary N) is 1. The van der Waals surface area contributed by atoms with E-state index in [2.05, 4.69) is 16.4 Å². The van der Waals surface area contributed by atoms with Crippen LogP contribution in [0.3, 0.4) is 0 Å². The molecule has 1 amide bonds. The van der Waals surface area contributed by atoms with E-state index in [4.69, 9.17) is 5.73 Å². The Bertz CT molecular complexity index is 522. The third-order valence-corrected chi connectivity index (χ3v) is 2.88. The number of carbonyl (C=O) groups is 1. The van der Waals surface area contributed by atoms with Crippen molar-refractivity contribution < 1.29 is 4.79 Å². The molecule has 0 atom stereocenters. The fourth-order valence-corrected chi connectivity index (χ4v) is 1.87. The second kappa shape index (κ2) is 6.70. The van der Waals surface area contributed by atoms with Crippen molar-refractivity contribution in [2.75, 3.05) is 6.54 Å². The van der Waals surface area contributed by atoms with Gasteiger partial charge in [0, 0.05) is 38.4 Å². The molecule has 0 saturated carbocycles. The second-order valence-electron chi connectivity index (χ2n) is 4.32. The van der Waals surface area contributed by atoms with Crippen LogP contribution < -0.4 is 11.1 Å². The lowest BCUT2D eigenvalue weighted by Crippen LogP contribution is -2.25. The Balaban J connectivity index is 2.02. The van der Waals surface area contributed by atoms with Crippen LogP contribution in [-0.2, 0) is 17.9 Å². The molecule has 0 aliphatic rings. The van der Waals surface area contributed by atoms with E-state index in [9.17, 15) is 4.79 Å². The van der Waals surface area contributed by atoms with Gasteiger partial charge in [-0.2, -0.15) is 0 Å². The van der Waals surface area contributed by atoms with Gasteiger partial charge in [0.05, 0.1) is 6.33 Å². The van der Waals surface area contributed by atoms with Crippen molar-refractivity contribution in [3.05, 3.63) is 54.1 Å². The Morgan fingerprint density at radius 2 is 2.11 bits per heavy atom. The van der Waals surface area contributed by atoms with Crippen LogP contribution in [0.4, 0.5) is 0 Å². The molecule has 2 rings (SSSR count). The van der Waals surface area contributed by atoms with Crippen molar-refractivity contribution in [1.82, 2.24) is 14.9 Å². The molecule has 0 aliphatic carbocycles. The largest absolute Gasteiger partial charge is 0.352 e. The van der Waals surface area contributed by atoms with Gasteiger partial charge in [-0.15, -0.1) is 0 Å². The molecular formula is C14H18N4O. The molecule has 1 aromatic carbocycles. The zero-order chi connectivity index (χ0) is 13.5. The fourth-order valence-electron chi connectivity index (χ4n) is 1.87. The summed E-state index contributed by atoms with van der Waals surface area (Å²) in [5.41, 5.74) is 7.63. The topological polar surface area (TPSA) is 72.9 Å². The Morgan fingerprint density at radius 3 is 2.79 bits per heavy atom. The van der Waals surface area contributed by atoms with Gasteiger partial charge in [-0.3, -0.25) is 4.79 Å². The van der Waals surface area contributed by atoms with Crippen molar-refractivity contribution in [1.29, 1.82) is 0 Å². The van der Waals surface area contributed by atoms with Gasteiger partial charge in [0.2, 0.25) is 5.91 Å². The summed E-state index contributed by atoms with van der Waals surface area (Å²) in [7, 11) is 0. The molecule has 0 bridgehead atoms. The van der Waals surface area contributed by atoms with Crippen LogP contribution in [0.5, 0.6) is 0 Å². The molecule has 0 radical (unpaired) electrons. The maximum Gasteiger partial charge on any atom is 0.221 e. The SMILES string of the molecule is NCCC(=O)NCc1ccccc1Cn1ccnc1. The summed E-state index contributed by atoms with van der Waals surface area (Å²) in [4.78, 5) is 15.5. The average Bonchev–Trinajstić information content (AvgIpc) is 2.91. The predicted octanol–water partition coefficient (Wildman–Crippen LogP) is 0.896. The molecule has 5 nitrogen and oxygen atoms in total. The van der Waals surface area contributed by atoms with Gasteiger partial charge >= 0.3 is 0 Å². The summed E-state index contributed by atoms with van der Waals surface area (Å²) in [5, 5.41) is 2.88. The summed E-state index contributed by atoms with van der Waals surface area (Å²) >= 11 is 0. The third-order valence-electron chi connectivity index (χ3n) is 2.88. The number of amides is 1. The first kappa shape index (κ1) is 13.3. The standard InChI is InChI=1S/C14H18N4O/c15-6-5-14(19)17-9-12-3-1-2-4-13(12)10-18-8-7-16-11-18/h1-4,7-8,11H,5-6,9-10,15H2,(H,17,19). The molecule has 0 saturated heterocycles. The molecule has 3 N–H and O–H groups in total. The quantitative estimate of drug-likeness (QED) is 0.808. The smallest absolute Gasteiger partial charge is 0.221 e. The Kier molecular flexibility index (Phi) is 4.69. The molecule has 100 valence electrons. The minimum atomic E-state index is -0.0140. The average molecular weight is 258 g/mol. The van der Waals surface area contributed by atoms with Gasteiger partial charge in [0.15, 0.2) is 0 Å². The molecular weight excluding hydrogens is 240 g/mol. The zero-order valence-electron chi connectivity index (χ0n) is 10.7. The van der Waals surface area contributed by atoms with Crippen molar-refractivity contribution in [3.63, 3.8) is 0 Å². The highest BCUT2D eigenvalue weighted by molar-refractivity contribution is 5.76. The number of hydrogen-bond acceptors (Lipinski definition) is 3. The first-order chi connectivity index (χ1) is 9.29. The summed E-state index contributed by atoms with van der Waals surface area (Å²) in [6.45, 7) is 1.66. The second-order valence-corrected chi connectivity index (χ2v) is 4.32. The number of imidazole rings is 1. The van der Waals surface area contributed by atoms with E-state index >= 15 is 0 Å². The number of rotatable bonds is 6. The highest BCUT2D eigenvalue weighted by atomic mass is 16.1. The molecule has 19 heavy (non-hydrogen) atoms. The van der Waals surface area contributed by atoms with Crippen LogP contribution in [0.1, 0.15) is 17.5 Å². The summed E-state index contributed by atoms with van der Waals surface area (Å²) in [6, 6.07) is 8.05. The molecule has 2 aromatic rings. The zero-order valence-corrected chi connectivity index (χ0v) is 10.7. The van der Waals surface area contributed by atoms with E-state index in [0.29, 0.717) is 19.5 Å². The maximum atomic E-state index is 11.4. The molecule has 5 heteroatoms. The highest BCUT2D eigenvalue weighted by Crippen LogP contribution is 2.10.